The maximum absolute atomic E-state index is 8.64. The Morgan fingerprint density at radius 1 is 0.627 bits per heavy atom. The molecular formula is C48H45Cl3K2N8O7S15. The topological polar surface area (TPSA) is 203 Å². The predicted octanol–water partition coefficient (Wildman–Crippen LogP) is 6.65. The molecule has 0 atom stereocenters. The van der Waals surface area contributed by atoms with Gasteiger partial charge in [-0.05, 0) is 102 Å². The fourth-order valence-corrected chi connectivity index (χ4v) is 34.3. The first-order valence-corrected chi connectivity index (χ1v) is 40.4. The standard InChI is InChI=1S/C23H19ClN4O2S.C17H15ClN4O2.C6H5ClS.CH2O3.CH4.2K.S13.H/c1-11-20(12(2)30-28-11)17-9-18-16(10-19(17)29-4)21-22(27-18)25-13(3)26-23(21)31-15-7-5-6-14(24)8-15;1-7-14(8(2)24-22-7)11-5-12-10(6-13(11)23-4)15-16(18)19-9(3)20-17(15)21-12;7-5-2-1-3-6(8)4-5;2-1-4-3;;;;1-3-5-7-9-11-13-12-10-8-6-4-2;/h5-10H,1-4H3,(H,25,26,27);5-6H,1-4H3,(H,19,20,21);1-4,8H;1,3H;1H4;;;;/q;;;;;2*+1;;-1/p-1. The number of nitrogens with zero attached hydrogens (tertiary/aromatic N) is 6. The van der Waals surface area contributed by atoms with Crippen molar-refractivity contribution in [2.45, 2.75) is 63.8 Å². The van der Waals surface area contributed by atoms with Crippen molar-refractivity contribution in [2.24, 2.45) is 0 Å². The minimum Gasteiger partial charge on any atom is -1.00 e. The van der Waals surface area contributed by atoms with Crippen LogP contribution in [0.15, 0.2) is 96.7 Å². The third kappa shape index (κ3) is 22.3. The summed E-state index contributed by atoms with van der Waals surface area (Å²) in [5.74, 6) is 4.27. The Labute approximate surface area is 630 Å². The van der Waals surface area contributed by atoms with Crippen LogP contribution in [0.25, 0.3) is 66.1 Å². The monoisotopic (exact) mass is 1510 g/mol. The Hall–Kier alpha value is -0.207. The summed E-state index contributed by atoms with van der Waals surface area (Å²) in [4.78, 5) is 38.0. The number of halogens is 3. The molecule has 0 bridgehead atoms. The second-order valence-corrected chi connectivity index (χ2v) is 37.7. The number of rotatable bonds is 7. The minimum atomic E-state index is -0.181. The zero-order chi connectivity index (χ0) is 57.9. The summed E-state index contributed by atoms with van der Waals surface area (Å²) in [6.07, 6.45) is 0. The number of carbonyl (C=O) groups is 1. The van der Waals surface area contributed by atoms with Gasteiger partial charge in [-0.2, -0.15) is 0 Å². The fraction of sp³-hybridized carbons (Fsp3) is 0.188. The normalized spacial score (nSPS) is 9.89. The second kappa shape index (κ2) is 39.8. The van der Waals surface area contributed by atoms with Gasteiger partial charge in [-0.1, -0.05) is 76.4 Å². The maximum atomic E-state index is 8.64. The molecule has 0 radical (unpaired) electrons. The molecule has 4 aromatic carbocycles. The molecule has 10 aromatic rings. The van der Waals surface area contributed by atoms with Gasteiger partial charge in [-0.25, -0.2) is 19.9 Å². The Kier molecular flexibility index (Phi) is 37.0. The summed E-state index contributed by atoms with van der Waals surface area (Å²) in [5, 5.41) is 22.9. The van der Waals surface area contributed by atoms with Gasteiger partial charge in [0.2, 0.25) is 0 Å². The van der Waals surface area contributed by atoms with E-state index in [1.54, 1.807) is 112 Å². The molecule has 0 unspecified atom stereocenters. The maximum Gasteiger partial charge on any atom is 1.00 e. The number of aromatic amines is 2. The molecule has 0 aliphatic carbocycles. The van der Waals surface area contributed by atoms with E-state index in [2.05, 4.69) is 58.8 Å². The average molecular weight is 1510 g/mol. The first-order chi connectivity index (χ1) is 38.5. The molecule has 2 N–H and O–H groups in total. The van der Waals surface area contributed by atoms with Crippen LogP contribution >= 0.6 is 59.2 Å². The second-order valence-electron chi connectivity index (χ2n) is 15.4. The Bertz CT molecular complexity index is 4350. The third-order valence-electron chi connectivity index (χ3n) is 10.4. The molecule has 0 aliphatic heterocycles. The number of H-pyrrole nitrogens is 2. The van der Waals surface area contributed by atoms with Crippen LogP contribution in [0.3, 0.4) is 0 Å². The Balaban J connectivity index is 0.000000403. The van der Waals surface area contributed by atoms with Crippen molar-refractivity contribution in [3.63, 3.8) is 0 Å². The molecule has 35 heteroatoms. The quantitative estimate of drug-likeness (QED) is 0.0382. The van der Waals surface area contributed by atoms with E-state index in [-0.39, 0.29) is 118 Å². The largest absolute Gasteiger partial charge is 1.00 e. The average Bonchev–Trinajstić information content (AvgIpc) is 4.34. The van der Waals surface area contributed by atoms with Gasteiger partial charge in [-0.15, -0.1) is 12.6 Å². The van der Waals surface area contributed by atoms with Crippen LogP contribution in [0.4, 0.5) is 0 Å². The smallest absolute Gasteiger partial charge is 1.00 e. The number of aryl methyl sites for hydroxylation is 6. The van der Waals surface area contributed by atoms with Gasteiger partial charge >= 0.3 is 103 Å². The molecule has 0 saturated heterocycles. The minimum absolute atomic E-state index is 0. The number of fused-ring (bicyclic) bond motifs is 6. The molecule has 10 rings (SSSR count). The van der Waals surface area contributed by atoms with Crippen molar-refractivity contribution >= 4 is 230 Å². The summed E-state index contributed by atoms with van der Waals surface area (Å²) in [5.41, 5.74) is 8.68. The van der Waals surface area contributed by atoms with Gasteiger partial charge in [0, 0.05) is 173 Å². The summed E-state index contributed by atoms with van der Waals surface area (Å²) in [7, 11) is 21.4. The van der Waals surface area contributed by atoms with Crippen LogP contribution in [0.1, 0.15) is 43.4 Å². The van der Waals surface area contributed by atoms with Crippen LogP contribution in [0.5, 0.6) is 11.5 Å². The van der Waals surface area contributed by atoms with E-state index >= 15 is 0 Å². The van der Waals surface area contributed by atoms with Gasteiger partial charge in [-0.3, -0.25) is 4.79 Å². The molecule has 6 heterocycles. The summed E-state index contributed by atoms with van der Waals surface area (Å²) in [6.45, 7) is 11.1. The van der Waals surface area contributed by atoms with Crippen molar-refractivity contribution in [1.29, 1.82) is 0 Å². The third-order valence-corrected chi connectivity index (χ3v) is 34.7. The molecular weight excluding hydrogens is 1470 g/mol. The fourth-order valence-electron chi connectivity index (χ4n) is 7.54. The molecule has 0 spiro atoms. The molecule has 0 aliphatic rings. The molecule has 83 heavy (non-hydrogen) atoms. The van der Waals surface area contributed by atoms with Gasteiger partial charge in [0.15, 0.2) is 0 Å². The van der Waals surface area contributed by atoms with Crippen molar-refractivity contribution < 1.29 is 138 Å². The zero-order valence-corrected chi connectivity index (χ0v) is 65.2. The van der Waals surface area contributed by atoms with Crippen molar-refractivity contribution in [3.05, 3.63) is 123 Å². The van der Waals surface area contributed by atoms with E-state index < -0.39 is 0 Å². The van der Waals surface area contributed by atoms with E-state index in [1.165, 1.54) is 17.8 Å². The van der Waals surface area contributed by atoms with Crippen molar-refractivity contribution in [3.8, 4) is 33.8 Å². The van der Waals surface area contributed by atoms with Crippen LogP contribution in [0, 0.1) is 41.5 Å². The van der Waals surface area contributed by atoms with Crippen molar-refractivity contribution in [1.82, 2.24) is 40.2 Å². The predicted molar refractivity (Wildman–Crippen MR) is 365 cm³/mol. The van der Waals surface area contributed by atoms with Gasteiger partial charge in [0.25, 0.3) is 6.47 Å². The van der Waals surface area contributed by atoms with E-state index in [0.717, 1.165) is 115 Å². The number of thiol groups is 1. The number of aromatic nitrogens is 8. The number of methoxy groups -OCH3 is 2. The number of hydrogen-bond donors (Lipinski definition) is 3. The van der Waals surface area contributed by atoms with Gasteiger partial charge in [0.05, 0.1) is 47.5 Å². The number of benzene rings is 4. The van der Waals surface area contributed by atoms with E-state index in [0.29, 0.717) is 27.5 Å². The van der Waals surface area contributed by atoms with Crippen LogP contribution in [-0.4, -0.2) is 60.9 Å². The van der Waals surface area contributed by atoms with Crippen molar-refractivity contribution in [2.75, 3.05) is 14.2 Å². The molecule has 15 nitrogen and oxygen atoms in total. The molecule has 0 fully saturated rings. The van der Waals surface area contributed by atoms with Crippen LogP contribution in [-0.2, 0) is 130 Å². The van der Waals surface area contributed by atoms with E-state index in [9.17, 15) is 0 Å². The SMILES string of the molecule is C.COc1cc2c(cc1-c1c(C)noc1C)[nH]c1nc(C)nc(Cl)c12.COc1cc2c(cc1-c1c(C)noc1C)[nH]c1nc(C)nc(Sc3cccc(Cl)c3)c12.O=CO[O-].S=S=S=S=S=S=S=S=S=S=S=S=S.Sc1cccc(Cl)c1.[H-].[K+].[K+]. The Morgan fingerprint density at radius 3 is 1.46 bits per heavy atom. The number of nitrogens with one attached hydrogen (secondary N) is 2. The van der Waals surface area contributed by atoms with Crippen LogP contribution < -0.4 is 118 Å². The first kappa shape index (κ1) is 77.0. The summed E-state index contributed by atoms with van der Waals surface area (Å²) in [6, 6.07) is 23.1. The molecule has 6 aromatic heterocycles. The van der Waals surface area contributed by atoms with E-state index in [1.807, 2.05) is 102 Å². The molecule has 432 valence electrons. The Morgan fingerprint density at radius 2 is 1.06 bits per heavy atom. The summed E-state index contributed by atoms with van der Waals surface area (Å²) >= 11 is 33.1. The molecule has 0 saturated carbocycles. The number of ether oxygens (including phenoxy) is 2. The van der Waals surface area contributed by atoms with Gasteiger partial charge < -0.3 is 40.1 Å². The summed E-state index contributed by atoms with van der Waals surface area (Å²) < 4.78 is 22.0. The number of hydrogen-bond acceptors (Lipinski definition) is 17. The van der Waals surface area contributed by atoms with E-state index in [4.69, 9.17) is 90.7 Å². The first-order valence-electron chi connectivity index (χ1n) is 22.0. The zero-order valence-electron chi connectivity index (χ0n) is 45.3. The number of carbonyl (C=O) groups excluding carboxylic acids is 1. The van der Waals surface area contributed by atoms with Gasteiger partial charge in [0.1, 0.15) is 56.1 Å². The molecule has 0 amide bonds. The van der Waals surface area contributed by atoms with Crippen LogP contribution in [0.2, 0.25) is 15.2 Å².